The van der Waals surface area contributed by atoms with E-state index in [1.165, 1.54) is 0 Å². The smallest absolute Gasteiger partial charge is 0.406 e. The summed E-state index contributed by atoms with van der Waals surface area (Å²) in [5.41, 5.74) is -0.975. The summed E-state index contributed by atoms with van der Waals surface area (Å²) in [6.07, 6.45) is 1.42. The van der Waals surface area contributed by atoms with Crippen molar-refractivity contribution in [1.82, 2.24) is 0 Å². The van der Waals surface area contributed by atoms with Crippen molar-refractivity contribution in [3.05, 3.63) is 0 Å². The lowest BCUT2D eigenvalue weighted by molar-refractivity contribution is -0.156. The maximum absolute atomic E-state index is 11.1. The summed E-state index contributed by atoms with van der Waals surface area (Å²) in [6, 6.07) is 0. The van der Waals surface area contributed by atoms with Gasteiger partial charge in [-0.2, -0.15) is 0 Å². The van der Waals surface area contributed by atoms with Gasteiger partial charge in [0.25, 0.3) is 0 Å². The molecule has 0 aromatic carbocycles. The molecular weight excluding hydrogens is 196 g/mol. The van der Waals surface area contributed by atoms with Crippen LogP contribution in [0.1, 0.15) is 26.7 Å². The Balaban J connectivity index is 3.66. The highest BCUT2D eigenvalue weighted by molar-refractivity contribution is 6.61. The van der Waals surface area contributed by atoms with Gasteiger partial charge < -0.3 is 9.47 Å². The van der Waals surface area contributed by atoms with E-state index in [0.29, 0.717) is 12.8 Å². The lowest BCUT2D eigenvalue weighted by Gasteiger charge is -2.10. The lowest BCUT2D eigenvalue weighted by Crippen LogP contribution is -2.18. The molecule has 0 aromatic rings. The molecule has 0 N–H and O–H groups in total. The highest BCUT2D eigenvalue weighted by Gasteiger charge is 2.15. The van der Waals surface area contributed by atoms with Gasteiger partial charge in [0.1, 0.15) is 0 Å². The molecule has 4 nitrogen and oxygen atoms in total. The summed E-state index contributed by atoms with van der Waals surface area (Å²) in [4.78, 5) is 21.2. The van der Waals surface area contributed by atoms with Crippen molar-refractivity contribution in [2.45, 2.75) is 26.7 Å². The Morgan fingerprint density at radius 3 is 2.15 bits per heavy atom. The zero-order valence-corrected chi connectivity index (χ0v) is 8.47. The number of carbonyl (C=O) groups is 2. The van der Waals surface area contributed by atoms with Gasteiger partial charge in [-0.3, -0.25) is 4.79 Å². The summed E-state index contributed by atoms with van der Waals surface area (Å²) in [7, 11) is 0. The Morgan fingerprint density at radius 2 is 1.77 bits per heavy atom. The normalized spacial score (nSPS) is 9.85. The van der Waals surface area contributed by atoms with Gasteiger partial charge in [-0.05, 0) is 12.8 Å². The van der Waals surface area contributed by atoms with Crippen molar-refractivity contribution in [1.29, 1.82) is 0 Å². The predicted octanol–water partition coefficient (Wildman–Crippen LogP) is 2.30. The predicted molar refractivity (Wildman–Crippen MR) is 47.4 cm³/mol. The van der Waals surface area contributed by atoms with Crippen LogP contribution in [0.15, 0.2) is 0 Å². The van der Waals surface area contributed by atoms with Crippen LogP contribution >= 0.6 is 11.6 Å². The minimum absolute atomic E-state index is 0.131. The molecule has 0 atom stereocenters. The van der Waals surface area contributed by atoms with E-state index in [1.54, 1.807) is 0 Å². The molecule has 0 aromatic heterocycles. The van der Waals surface area contributed by atoms with Crippen molar-refractivity contribution in [3.8, 4) is 0 Å². The molecule has 0 radical (unpaired) electrons. The zero-order valence-electron chi connectivity index (χ0n) is 7.71. The van der Waals surface area contributed by atoms with E-state index in [1.807, 2.05) is 13.8 Å². The van der Waals surface area contributed by atoms with E-state index in [0.717, 1.165) is 0 Å². The molecular formula is C8H13ClO4. The number of hydrogen-bond acceptors (Lipinski definition) is 4. The Kier molecular flexibility index (Phi) is 6.32. The monoisotopic (exact) mass is 208 g/mol. The van der Waals surface area contributed by atoms with Gasteiger partial charge in [0, 0.05) is 11.6 Å². The summed E-state index contributed by atoms with van der Waals surface area (Å²) < 4.78 is 8.87. The third-order valence-electron chi connectivity index (χ3n) is 1.69. The molecule has 0 saturated heterocycles. The molecule has 0 aliphatic rings. The maximum atomic E-state index is 11.1. The molecule has 0 aliphatic heterocycles. The second kappa shape index (κ2) is 6.71. The van der Waals surface area contributed by atoms with Gasteiger partial charge in [-0.25, -0.2) is 4.79 Å². The Labute approximate surface area is 82.1 Å². The van der Waals surface area contributed by atoms with E-state index in [-0.39, 0.29) is 11.9 Å². The lowest BCUT2D eigenvalue weighted by atomic mass is 10.0. The minimum Gasteiger partial charge on any atom is -0.428 e. The summed E-state index contributed by atoms with van der Waals surface area (Å²) >= 11 is 4.86. The first kappa shape index (κ1) is 12.2. The Bertz CT molecular complexity index is 177. The van der Waals surface area contributed by atoms with E-state index in [4.69, 9.17) is 11.6 Å². The van der Waals surface area contributed by atoms with Crippen LogP contribution in [-0.2, 0) is 14.3 Å². The van der Waals surface area contributed by atoms with E-state index >= 15 is 0 Å². The van der Waals surface area contributed by atoms with Crippen LogP contribution < -0.4 is 0 Å². The van der Waals surface area contributed by atoms with Crippen LogP contribution in [0.2, 0.25) is 0 Å². The summed E-state index contributed by atoms with van der Waals surface area (Å²) in [5, 5.41) is 0. The average molecular weight is 209 g/mol. The second-order valence-electron chi connectivity index (χ2n) is 2.48. The highest BCUT2D eigenvalue weighted by Crippen LogP contribution is 2.09. The first-order valence-electron chi connectivity index (χ1n) is 4.10. The number of rotatable bonds is 5. The van der Waals surface area contributed by atoms with Gasteiger partial charge in [-0.1, -0.05) is 13.8 Å². The third kappa shape index (κ3) is 5.47. The minimum atomic E-state index is -0.975. The fourth-order valence-corrected chi connectivity index (χ4v) is 0.918. The van der Waals surface area contributed by atoms with Crippen molar-refractivity contribution < 1.29 is 19.1 Å². The standard InChI is InChI=1S/C8H13ClO4/c1-3-6(4-2)7(10)12-5-13-8(9)11/h6H,3-5H2,1-2H3. The van der Waals surface area contributed by atoms with E-state index < -0.39 is 12.2 Å². The fraction of sp³-hybridized carbons (Fsp3) is 0.750. The number of halogens is 1. The SMILES string of the molecule is CCC(CC)C(=O)OCOC(=O)Cl. The molecule has 0 bridgehead atoms. The first-order chi connectivity index (χ1) is 6.11. The van der Waals surface area contributed by atoms with Crippen LogP contribution in [0, 0.1) is 5.92 Å². The molecule has 5 heteroatoms. The summed E-state index contributed by atoms with van der Waals surface area (Å²) in [5.74, 6) is -0.489. The fourth-order valence-electron chi connectivity index (χ4n) is 0.874. The topological polar surface area (TPSA) is 52.6 Å². The highest BCUT2D eigenvalue weighted by atomic mass is 35.5. The van der Waals surface area contributed by atoms with Gasteiger partial charge in [0.05, 0.1) is 5.92 Å². The van der Waals surface area contributed by atoms with Gasteiger partial charge >= 0.3 is 11.4 Å². The molecule has 0 spiro atoms. The van der Waals surface area contributed by atoms with Gasteiger partial charge in [-0.15, -0.1) is 0 Å². The van der Waals surface area contributed by atoms with Crippen LogP contribution in [0.5, 0.6) is 0 Å². The van der Waals surface area contributed by atoms with Gasteiger partial charge in [0.2, 0.25) is 6.79 Å². The molecule has 0 amide bonds. The van der Waals surface area contributed by atoms with Crippen molar-refractivity contribution in [2.24, 2.45) is 5.92 Å². The van der Waals surface area contributed by atoms with Crippen LogP contribution in [0.3, 0.4) is 0 Å². The number of ether oxygens (including phenoxy) is 2. The zero-order chi connectivity index (χ0) is 10.3. The maximum Gasteiger partial charge on any atom is 0.406 e. The second-order valence-corrected chi connectivity index (χ2v) is 2.79. The largest absolute Gasteiger partial charge is 0.428 e. The molecule has 0 unspecified atom stereocenters. The Hall–Kier alpha value is -0.770. The molecule has 0 heterocycles. The number of carbonyl (C=O) groups excluding carboxylic acids is 2. The molecule has 0 saturated carbocycles. The van der Waals surface area contributed by atoms with Crippen molar-refractivity contribution in [3.63, 3.8) is 0 Å². The van der Waals surface area contributed by atoms with Crippen LogP contribution in [-0.4, -0.2) is 18.2 Å². The number of esters is 1. The van der Waals surface area contributed by atoms with Crippen molar-refractivity contribution >= 4 is 23.0 Å². The molecule has 13 heavy (non-hydrogen) atoms. The molecule has 0 fully saturated rings. The summed E-state index contributed by atoms with van der Waals surface area (Å²) in [6.45, 7) is 3.38. The number of hydrogen-bond donors (Lipinski definition) is 0. The third-order valence-corrected chi connectivity index (χ3v) is 1.80. The first-order valence-corrected chi connectivity index (χ1v) is 4.48. The van der Waals surface area contributed by atoms with E-state index in [2.05, 4.69) is 9.47 Å². The molecule has 76 valence electrons. The quantitative estimate of drug-likeness (QED) is 0.395. The van der Waals surface area contributed by atoms with E-state index in [9.17, 15) is 9.59 Å². The average Bonchev–Trinajstić information content (AvgIpc) is 2.05. The van der Waals surface area contributed by atoms with Gasteiger partial charge in [0.15, 0.2) is 0 Å². The molecule has 0 rings (SSSR count). The van der Waals surface area contributed by atoms with Crippen molar-refractivity contribution in [2.75, 3.05) is 6.79 Å². The Morgan fingerprint density at radius 1 is 1.23 bits per heavy atom. The molecule has 0 aliphatic carbocycles. The van der Waals surface area contributed by atoms with Crippen LogP contribution in [0.25, 0.3) is 0 Å². The van der Waals surface area contributed by atoms with Crippen LogP contribution in [0.4, 0.5) is 4.79 Å².